The SMILES string of the molecule is C[C@@H]1CN(C(=O)[C@@H]2CN(c3ccc(C#N)nn3)C[C@H]2c2ncc(Cl)cc2F)C[C@H](C)C1(O)c1ccc(F)cc1. The number of aliphatic hydroxyl groups is 1. The van der Waals surface area contributed by atoms with E-state index in [1.165, 1.54) is 30.5 Å². The minimum atomic E-state index is -1.24. The van der Waals surface area contributed by atoms with Crippen LogP contribution in [0.25, 0.3) is 0 Å². The van der Waals surface area contributed by atoms with Crippen molar-refractivity contribution >= 4 is 23.3 Å². The Morgan fingerprint density at radius 1 is 1.08 bits per heavy atom. The number of anilines is 1. The molecule has 8 nitrogen and oxygen atoms in total. The van der Waals surface area contributed by atoms with Crippen LogP contribution in [0.3, 0.4) is 0 Å². The molecule has 0 radical (unpaired) electrons. The number of benzene rings is 1. The lowest BCUT2D eigenvalue weighted by molar-refractivity contribution is -0.152. The van der Waals surface area contributed by atoms with Gasteiger partial charge in [0.1, 0.15) is 17.7 Å². The number of likely N-dealkylation sites (tertiary alicyclic amines) is 1. The van der Waals surface area contributed by atoms with Gasteiger partial charge in [-0.1, -0.05) is 37.6 Å². The van der Waals surface area contributed by atoms with E-state index in [2.05, 4.69) is 15.2 Å². The molecule has 2 saturated heterocycles. The summed E-state index contributed by atoms with van der Waals surface area (Å²) < 4.78 is 28.6. The Bertz CT molecular complexity index is 1400. The summed E-state index contributed by atoms with van der Waals surface area (Å²) in [5.74, 6) is -2.62. The molecule has 0 bridgehead atoms. The average Bonchev–Trinajstić information content (AvgIpc) is 3.36. The van der Waals surface area contributed by atoms with Crippen LogP contribution in [0.5, 0.6) is 0 Å². The molecule has 0 aliphatic carbocycles. The zero-order valence-corrected chi connectivity index (χ0v) is 22.2. The van der Waals surface area contributed by atoms with E-state index in [0.29, 0.717) is 11.4 Å². The predicted octanol–water partition coefficient (Wildman–Crippen LogP) is 3.90. The van der Waals surface area contributed by atoms with Gasteiger partial charge in [0.15, 0.2) is 11.5 Å². The van der Waals surface area contributed by atoms with Gasteiger partial charge in [0.25, 0.3) is 0 Å². The second kappa shape index (κ2) is 10.5. The van der Waals surface area contributed by atoms with Gasteiger partial charge in [-0.3, -0.25) is 9.78 Å². The zero-order valence-electron chi connectivity index (χ0n) is 21.4. The summed E-state index contributed by atoms with van der Waals surface area (Å²) in [6.45, 7) is 4.78. The lowest BCUT2D eigenvalue weighted by Gasteiger charge is -2.48. The highest BCUT2D eigenvalue weighted by Crippen LogP contribution is 2.43. The first-order chi connectivity index (χ1) is 18.6. The first-order valence-corrected chi connectivity index (χ1v) is 13.1. The van der Waals surface area contributed by atoms with E-state index in [1.54, 1.807) is 23.1 Å². The van der Waals surface area contributed by atoms with Crippen LogP contribution in [0.15, 0.2) is 48.7 Å². The lowest BCUT2D eigenvalue weighted by Crippen LogP contribution is -2.57. The fourth-order valence-corrected chi connectivity index (χ4v) is 6.11. The molecule has 1 aromatic carbocycles. The van der Waals surface area contributed by atoms with E-state index in [0.717, 1.165) is 0 Å². The molecule has 3 aromatic rings. The summed E-state index contributed by atoms with van der Waals surface area (Å²) in [6.07, 6.45) is 1.36. The van der Waals surface area contributed by atoms with Crippen molar-refractivity contribution < 1.29 is 18.7 Å². The number of pyridine rings is 1. The molecule has 1 amide bonds. The highest BCUT2D eigenvalue weighted by Gasteiger charge is 2.49. The van der Waals surface area contributed by atoms with Gasteiger partial charge in [-0.2, -0.15) is 5.26 Å². The minimum Gasteiger partial charge on any atom is -0.384 e. The zero-order chi connectivity index (χ0) is 27.9. The number of rotatable bonds is 4. The van der Waals surface area contributed by atoms with Gasteiger partial charge in [-0.15, -0.1) is 10.2 Å². The molecule has 11 heteroatoms. The summed E-state index contributed by atoms with van der Waals surface area (Å²) in [4.78, 5) is 21.8. The van der Waals surface area contributed by atoms with Gasteiger partial charge in [0, 0.05) is 50.1 Å². The summed E-state index contributed by atoms with van der Waals surface area (Å²) in [5, 5.41) is 28.9. The summed E-state index contributed by atoms with van der Waals surface area (Å²) >= 11 is 5.94. The molecule has 2 fully saturated rings. The van der Waals surface area contributed by atoms with Crippen LogP contribution < -0.4 is 4.90 Å². The van der Waals surface area contributed by atoms with Crippen LogP contribution in [-0.2, 0) is 10.4 Å². The third kappa shape index (κ3) is 4.92. The first kappa shape index (κ1) is 26.9. The summed E-state index contributed by atoms with van der Waals surface area (Å²) in [7, 11) is 0. The van der Waals surface area contributed by atoms with Gasteiger partial charge >= 0.3 is 0 Å². The Hall–Kier alpha value is -3.68. The van der Waals surface area contributed by atoms with Crippen molar-refractivity contribution in [1.82, 2.24) is 20.1 Å². The highest BCUT2D eigenvalue weighted by molar-refractivity contribution is 6.30. The van der Waals surface area contributed by atoms with E-state index in [9.17, 15) is 14.3 Å². The number of amides is 1. The molecule has 202 valence electrons. The van der Waals surface area contributed by atoms with E-state index in [4.69, 9.17) is 16.9 Å². The number of carbonyl (C=O) groups is 1. The van der Waals surface area contributed by atoms with E-state index in [-0.39, 0.29) is 66.1 Å². The summed E-state index contributed by atoms with van der Waals surface area (Å²) in [6, 6.07) is 12.1. The number of piperidine rings is 1. The Morgan fingerprint density at radius 2 is 1.77 bits per heavy atom. The topological polar surface area (TPSA) is 106 Å². The summed E-state index contributed by atoms with van der Waals surface area (Å²) in [5.41, 5.74) is -0.332. The number of nitrogens with zero attached hydrogens (tertiary/aromatic N) is 6. The van der Waals surface area contributed by atoms with Crippen molar-refractivity contribution in [2.45, 2.75) is 25.4 Å². The first-order valence-electron chi connectivity index (χ1n) is 12.7. The lowest BCUT2D eigenvalue weighted by atomic mass is 9.70. The smallest absolute Gasteiger partial charge is 0.228 e. The van der Waals surface area contributed by atoms with Crippen LogP contribution in [0.2, 0.25) is 5.02 Å². The molecule has 0 spiro atoms. The van der Waals surface area contributed by atoms with Crippen molar-refractivity contribution in [3.05, 3.63) is 82.3 Å². The monoisotopic (exact) mass is 552 g/mol. The van der Waals surface area contributed by atoms with Gasteiger partial charge in [0.05, 0.1) is 22.2 Å². The molecule has 1 unspecified atom stereocenters. The maximum absolute atomic E-state index is 15.0. The molecule has 5 rings (SSSR count). The van der Waals surface area contributed by atoms with Crippen LogP contribution in [0.4, 0.5) is 14.6 Å². The molecule has 39 heavy (non-hydrogen) atoms. The third-order valence-electron chi connectivity index (χ3n) is 8.02. The van der Waals surface area contributed by atoms with Gasteiger partial charge < -0.3 is 14.9 Å². The fourth-order valence-electron chi connectivity index (χ4n) is 5.97. The maximum atomic E-state index is 15.0. The molecule has 2 aliphatic heterocycles. The standard InChI is InChI=1S/C28H27ClF2N6O2/c1-16-12-37(13-17(2)28(16,39)18-3-5-20(30)6-4-18)27(38)23-15-36(25-8-7-21(10-32)34-35-25)14-22(23)26-24(31)9-19(29)11-33-26/h3-9,11,16-17,22-23,39H,12-15H2,1-2H3/t16-,17+,22-,23-,28?/m1/s1. The van der Waals surface area contributed by atoms with Crippen LogP contribution >= 0.6 is 11.6 Å². The predicted molar refractivity (Wildman–Crippen MR) is 140 cm³/mol. The van der Waals surface area contributed by atoms with Crippen LogP contribution in [-0.4, -0.2) is 57.3 Å². The molecule has 5 atom stereocenters. The fraction of sp³-hybridized carbons (Fsp3) is 0.393. The second-order valence-corrected chi connectivity index (χ2v) is 10.8. The average molecular weight is 553 g/mol. The number of hydrogen-bond donors (Lipinski definition) is 1. The number of nitriles is 1. The Morgan fingerprint density at radius 3 is 2.36 bits per heavy atom. The van der Waals surface area contributed by atoms with Gasteiger partial charge in [-0.05, 0) is 35.9 Å². The van der Waals surface area contributed by atoms with Crippen LogP contribution in [0, 0.1) is 40.7 Å². The van der Waals surface area contributed by atoms with Gasteiger partial charge in [0.2, 0.25) is 5.91 Å². The number of aromatic nitrogens is 3. The van der Waals surface area contributed by atoms with Crippen molar-refractivity contribution in [2.24, 2.45) is 17.8 Å². The second-order valence-electron chi connectivity index (χ2n) is 10.4. The van der Waals surface area contributed by atoms with E-state index in [1.807, 2.05) is 24.8 Å². The Kier molecular flexibility index (Phi) is 7.23. The molecule has 2 aliphatic rings. The van der Waals surface area contributed by atoms with E-state index < -0.39 is 23.3 Å². The molecule has 1 N–H and O–H groups in total. The molecule has 2 aromatic heterocycles. The number of hydrogen-bond acceptors (Lipinski definition) is 7. The molecule has 0 saturated carbocycles. The highest BCUT2D eigenvalue weighted by atomic mass is 35.5. The van der Waals surface area contributed by atoms with E-state index >= 15 is 4.39 Å². The largest absolute Gasteiger partial charge is 0.384 e. The Balaban J connectivity index is 1.43. The van der Waals surface area contributed by atoms with Crippen molar-refractivity contribution in [3.63, 3.8) is 0 Å². The maximum Gasteiger partial charge on any atom is 0.228 e. The normalized spacial score (nSPS) is 26.9. The quantitative estimate of drug-likeness (QED) is 0.523. The minimum absolute atomic E-state index is 0.141. The van der Waals surface area contributed by atoms with Crippen molar-refractivity contribution in [2.75, 3.05) is 31.1 Å². The molecular formula is C28H27ClF2N6O2. The number of halogens is 3. The van der Waals surface area contributed by atoms with Gasteiger partial charge in [-0.25, -0.2) is 8.78 Å². The third-order valence-corrected chi connectivity index (χ3v) is 8.23. The Labute approximate surface area is 229 Å². The van der Waals surface area contributed by atoms with Crippen molar-refractivity contribution in [1.29, 1.82) is 5.26 Å². The van der Waals surface area contributed by atoms with Crippen molar-refractivity contribution in [3.8, 4) is 6.07 Å². The molecule has 4 heterocycles. The number of carbonyl (C=O) groups excluding carboxylic acids is 1. The van der Waals surface area contributed by atoms with Crippen LogP contribution in [0.1, 0.15) is 36.7 Å². The molecular weight excluding hydrogens is 526 g/mol.